The molecule has 2 heterocycles. The Morgan fingerprint density at radius 1 is 1.50 bits per heavy atom. The van der Waals surface area contributed by atoms with E-state index in [1.54, 1.807) is 11.3 Å². The second kappa shape index (κ2) is 5.02. The van der Waals surface area contributed by atoms with Gasteiger partial charge in [0.1, 0.15) is 5.82 Å². The van der Waals surface area contributed by atoms with Gasteiger partial charge in [-0.1, -0.05) is 0 Å². The molecule has 0 amide bonds. The molecule has 0 spiro atoms. The first-order valence-electron chi connectivity index (χ1n) is 6.14. The number of aryl methyl sites for hydroxylation is 1. The Balaban J connectivity index is 1.89. The van der Waals surface area contributed by atoms with Crippen LogP contribution < -0.4 is 4.90 Å². The molecular weight excluding hydrogens is 308 g/mol. The van der Waals surface area contributed by atoms with Crippen molar-refractivity contribution in [3.05, 3.63) is 44.7 Å². The number of hydrogen-bond acceptors (Lipinski definition) is 3. The largest absolute Gasteiger partial charge is 0.348 e. The van der Waals surface area contributed by atoms with E-state index in [-0.39, 0.29) is 0 Å². The molecule has 1 saturated carbocycles. The van der Waals surface area contributed by atoms with Gasteiger partial charge in [0.25, 0.3) is 0 Å². The lowest BCUT2D eigenvalue weighted by Gasteiger charge is -2.24. The van der Waals surface area contributed by atoms with Crippen molar-refractivity contribution in [3.63, 3.8) is 0 Å². The quantitative estimate of drug-likeness (QED) is 0.830. The van der Waals surface area contributed by atoms with Crippen molar-refractivity contribution >= 4 is 33.1 Å². The monoisotopic (exact) mass is 322 g/mol. The molecule has 2 aromatic heterocycles. The zero-order valence-electron chi connectivity index (χ0n) is 10.3. The van der Waals surface area contributed by atoms with Crippen LogP contribution in [0.3, 0.4) is 0 Å². The molecule has 1 fully saturated rings. The van der Waals surface area contributed by atoms with Gasteiger partial charge in [0.2, 0.25) is 0 Å². The normalized spacial score (nSPS) is 14.8. The first-order chi connectivity index (χ1) is 8.74. The molecule has 1 aliphatic rings. The van der Waals surface area contributed by atoms with Crippen LogP contribution in [0.25, 0.3) is 0 Å². The van der Waals surface area contributed by atoms with E-state index in [1.165, 1.54) is 24.0 Å². The van der Waals surface area contributed by atoms with E-state index in [0.29, 0.717) is 6.04 Å². The van der Waals surface area contributed by atoms with Crippen LogP contribution in [0.5, 0.6) is 0 Å². The SMILES string of the molecule is Cc1cnc(N(Cc2ccsc2)C2CC2)c(Br)c1. The molecule has 0 aliphatic heterocycles. The van der Waals surface area contributed by atoms with E-state index in [4.69, 9.17) is 0 Å². The van der Waals surface area contributed by atoms with Crippen molar-refractivity contribution in [2.45, 2.75) is 32.4 Å². The van der Waals surface area contributed by atoms with E-state index in [0.717, 1.165) is 16.8 Å². The van der Waals surface area contributed by atoms with Crippen LogP contribution in [0.1, 0.15) is 24.0 Å². The topological polar surface area (TPSA) is 16.1 Å². The summed E-state index contributed by atoms with van der Waals surface area (Å²) in [4.78, 5) is 7.02. The van der Waals surface area contributed by atoms with Gasteiger partial charge in [0.05, 0.1) is 4.47 Å². The lowest BCUT2D eigenvalue weighted by atomic mass is 10.2. The van der Waals surface area contributed by atoms with E-state index in [1.807, 2.05) is 6.20 Å². The summed E-state index contributed by atoms with van der Waals surface area (Å²) in [6.07, 6.45) is 4.52. The summed E-state index contributed by atoms with van der Waals surface area (Å²) in [5, 5.41) is 4.36. The Kier molecular flexibility index (Phi) is 3.39. The highest BCUT2D eigenvalue weighted by molar-refractivity contribution is 9.10. The molecular formula is C14H15BrN2S. The molecule has 0 unspecified atom stereocenters. The van der Waals surface area contributed by atoms with Crippen LogP contribution >= 0.6 is 27.3 Å². The summed E-state index contributed by atoms with van der Waals surface area (Å²) in [5.74, 6) is 1.08. The van der Waals surface area contributed by atoms with Crippen LogP contribution in [-0.4, -0.2) is 11.0 Å². The fraction of sp³-hybridized carbons (Fsp3) is 0.357. The number of halogens is 1. The highest BCUT2D eigenvalue weighted by atomic mass is 79.9. The van der Waals surface area contributed by atoms with Gasteiger partial charge < -0.3 is 4.90 Å². The molecule has 0 saturated heterocycles. The van der Waals surface area contributed by atoms with Gasteiger partial charge in [-0.05, 0) is 69.7 Å². The predicted octanol–water partition coefficient (Wildman–Crippen LogP) is 4.38. The van der Waals surface area contributed by atoms with Gasteiger partial charge in [-0.15, -0.1) is 0 Å². The third-order valence-electron chi connectivity index (χ3n) is 3.15. The van der Waals surface area contributed by atoms with E-state index >= 15 is 0 Å². The van der Waals surface area contributed by atoms with Gasteiger partial charge in [-0.2, -0.15) is 11.3 Å². The zero-order valence-corrected chi connectivity index (χ0v) is 12.7. The Morgan fingerprint density at radius 3 is 2.94 bits per heavy atom. The Morgan fingerprint density at radius 2 is 2.33 bits per heavy atom. The van der Waals surface area contributed by atoms with Crippen LogP contribution in [0.15, 0.2) is 33.6 Å². The molecule has 0 atom stereocenters. The third-order valence-corrected chi connectivity index (χ3v) is 4.47. The summed E-state index contributed by atoms with van der Waals surface area (Å²) in [7, 11) is 0. The van der Waals surface area contributed by atoms with Crippen molar-refractivity contribution in [1.29, 1.82) is 0 Å². The standard InChI is InChI=1S/C14H15BrN2S/c1-10-6-13(15)14(16-7-10)17(12-2-3-12)8-11-4-5-18-9-11/h4-7,9,12H,2-3,8H2,1H3. The molecule has 4 heteroatoms. The number of anilines is 1. The molecule has 1 aliphatic carbocycles. The summed E-state index contributed by atoms with van der Waals surface area (Å²) >= 11 is 5.40. The summed E-state index contributed by atoms with van der Waals surface area (Å²) in [6.45, 7) is 3.03. The number of pyridine rings is 1. The summed E-state index contributed by atoms with van der Waals surface area (Å²) in [5.41, 5.74) is 2.57. The second-order valence-corrected chi connectivity index (χ2v) is 6.44. The number of thiophene rings is 1. The highest BCUT2D eigenvalue weighted by Gasteiger charge is 2.31. The minimum Gasteiger partial charge on any atom is -0.348 e. The molecule has 2 nitrogen and oxygen atoms in total. The average molecular weight is 323 g/mol. The molecule has 0 aromatic carbocycles. The van der Waals surface area contributed by atoms with E-state index < -0.39 is 0 Å². The minimum absolute atomic E-state index is 0.663. The first-order valence-corrected chi connectivity index (χ1v) is 7.87. The lowest BCUT2D eigenvalue weighted by molar-refractivity contribution is 0.777. The predicted molar refractivity (Wildman–Crippen MR) is 80.2 cm³/mol. The van der Waals surface area contributed by atoms with Crippen LogP contribution in [0, 0.1) is 6.92 Å². The Labute approximate surface area is 120 Å². The summed E-state index contributed by atoms with van der Waals surface area (Å²) < 4.78 is 1.10. The molecule has 3 rings (SSSR count). The van der Waals surface area contributed by atoms with Crippen LogP contribution in [0.2, 0.25) is 0 Å². The maximum atomic E-state index is 4.60. The Hall–Kier alpha value is -0.870. The van der Waals surface area contributed by atoms with Gasteiger partial charge >= 0.3 is 0 Å². The zero-order chi connectivity index (χ0) is 12.5. The molecule has 0 bridgehead atoms. The van der Waals surface area contributed by atoms with Gasteiger partial charge in [0.15, 0.2) is 0 Å². The van der Waals surface area contributed by atoms with Gasteiger partial charge in [-0.3, -0.25) is 0 Å². The maximum Gasteiger partial charge on any atom is 0.143 e. The van der Waals surface area contributed by atoms with Crippen LogP contribution in [-0.2, 0) is 6.54 Å². The molecule has 0 radical (unpaired) electrons. The third kappa shape index (κ3) is 2.59. The molecule has 94 valence electrons. The summed E-state index contributed by atoms with van der Waals surface area (Å²) in [6, 6.07) is 5.00. The number of hydrogen-bond donors (Lipinski definition) is 0. The van der Waals surface area contributed by atoms with Crippen molar-refractivity contribution in [3.8, 4) is 0 Å². The first kappa shape index (κ1) is 12.2. The highest BCUT2D eigenvalue weighted by Crippen LogP contribution is 2.36. The van der Waals surface area contributed by atoms with E-state index in [9.17, 15) is 0 Å². The van der Waals surface area contributed by atoms with Crippen molar-refractivity contribution in [2.24, 2.45) is 0 Å². The number of rotatable bonds is 4. The average Bonchev–Trinajstić information content (AvgIpc) is 3.05. The van der Waals surface area contributed by atoms with Gasteiger partial charge in [0, 0.05) is 18.8 Å². The maximum absolute atomic E-state index is 4.60. The Bertz CT molecular complexity index is 535. The lowest BCUT2D eigenvalue weighted by Crippen LogP contribution is -2.26. The number of nitrogens with zero attached hydrogens (tertiary/aromatic N) is 2. The fourth-order valence-electron chi connectivity index (χ4n) is 2.08. The minimum atomic E-state index is 0.663. The van der Waals surface area contributed by atoms with Crippen molar-refractivity contribution in [1.82, 2.24) is 4.98 Å². The van der Waals surface area contributed by atoms with E-state index in [2.05, 4.69) is 55.6 Å². The second-order valence-electron chi connectivity index (χ2n) is 4.81. The van der Waals surface area contributed by atoms with Crippen molar-refractivity contribution < 1.29 is 0 Å². The van der Waals surface area contributed by atoms with Crippen LogP contribution in [0.4, 0.5) is 5.82 Å². The molecule has 0 N–H and O–H groups in total. The fourth-order valence-corrected chi connectivity index (χ4v) is 3.43. The van der Waals surface area contributed by atoms with Gasteiger partial charge in [-0.25, -0.2) is 4.98 Å². The smallest absolute Gasteiger partial charge is 0.143 e. The van der Waals surface area contributed by atoms with Crippen molar-refractivity contribution in [2.75, 3.05) is 4.90 Å². The molecule has 2 aromatic rings. The number of aromatic nitrogens is 1. The molecule has 18 heavy (non-hydrogen) atoms.